The van der Waals surface area contributed by atoms with E-state index in [2.05, 4.69) is 43.1 Å². The van der Waals surface area contributed by atoms with Gasteiger partial charge in [0.15, 0.2) is 0 Å². The molecule has 1 aromatic heterocycles. The van der Waals surface area contributed by atoms with Crippen molar-refractivity contribution in [3.8, 4) is 0 Å². The lowest BCUT2D eigenvalue weighted by Crippen LogP contribution is -1.85. The van der Waals surface area contributed by atoms with Crippen LogP contribution in [0.2, 0.25) is 0 Å². The normalized spacial score (nSPS) is 10.1. The van der Waals surface area contributed by atoms with Crippen LogP contribution in [0.1, 0.15) is 39.2 Å². The molecular formula is C13H19N. The van der Waals surface area contributed by atoms with Crippen molar-refractivity contribution in [2.24, 2.45) is 0 Å². The molecule has 0 aliphatic heterocycles. The molecule has 0 atom stereocenters. The summed E-state index contributed by atoms with van der Waals surface area (Å²) in [5, 5.41) is 1.31. The van der Waals surface area contributed by atoms with E-state index in [0.717, 1.165) is 0 Å². The predicted octanol–water partition coefficient (Wildman–Crippen LogP) is 4.32. The maximum absolute atomic E-state index is 3.19. The van der Waals surface area contributed by atoms with Gasteiger partial charge in [-0.2, -0.15) is 0 Å². The molecule has 0 amide bonds. The van der Waals surface area contributed by atoms with Gasteiger partial charge in [0.25, 0.3) is 0 Å². The molecular weight excluding hydrogens is 170 g/mol. The minimum atomic E-state index is 0.615. The lowest BCUT2D eigenvalue weighted by atomic mass is 10.0. The van der Waals surface area contributed by atoms with Gasteiger partial charge >= 0.3 is 0 Å². The van der Waals surface area contributed by atoms with Crippen molar-refractivity contribution in [3.63, 3.8) is 0 Å². The van der Waals surface area contributed by atoms with Gasteiger partial charge in [0.2, 0.25) is 0 Å². The molecule has 1 heterocycles. The topological polar surface area (TPSA) is 15.8 Å². The Balaban J connectivity index is 0.000000461. The van der Waals surface area contributed by atoms with Gasteiger partial charge in [-0.25, -0.2) is 0 Å². The first-order valence-electron chi connectivity index (χ1n) is 5.34. The van der Waals surface area contributed by atoms with Crippen LogP contribution in [0.15, 0.2) is 30.5 Å². The Labute approximate surface area is 86.2 Å². The van der Waals surface area contributed by atoms with Gasteiger partial charge in [0, 0.05) is 11.7 Å². The molecule has 2 aromatic rings. The van der Waals surface area contributed by atoms with E-state index in [0.29, 0.717) is 5.92 Å². The van der Waals surface area contributed by atoms with Crippen molar-refractivity contribution in [1.82, 2.24) is 4.98 Å². The summed E-state index contributed by atoms with van der Waals surface area (Å²) in [7, 11) is 0. The zero-order valence-electron chi connectivity index (χ0n) is 9.46. The van der Waals surface area contributed by atoms with E-state index in [1.165, 1.54) is 16.5 Å². The Morgan fingerprint density at radius 3 is 2.43 bits per heavy atom. The number of fused-ring (bicyclic) bond motifs is 1. The van der Waals surface area contributed by atoms with Crippen molar-refractivity contribution in [3.05, 3.63) is 36.0 Å². The van der Waals surface area contributed by atoms with E-state index >= 15 is 0 Å². The molecule has 1 N–H and O–H groups in total. The summed E-state index contributed by atoms with van der Waals surface area (Å²) >= 11 is 0. The monoisotopic (exact) mass is 189 g/mol. The maximum atomic E-state index is 3.19. The summed E-state index contributed by atoms with van der Waals surface area (Å²) in [6.45, 7) is 8.43. The van der Waals surface area contributed by atoms with E-state index in [9.17, 15) is 0 Å². The third kappa shape index (κ3) is 2.16. The Morgan fingerprint density at radius 2 is 1.79 bits per heavy atom. The molecule has 1 aromatic carbocycles. The molecule has 1 nitrogen and oxygen atoms in total. The van der Waals surface area contributed by atoms with Crippen LogP contribution in [0.3, 0.4) is 0 Å². The number of H-pyrrole nitrogens is 1. The molecule has 0 aliphatic carbocycles. The summed E-state index contributed by atoms with van der Waals surface area (Å²) in [4.78, 5) is 3.19. The van der Waals surface area contributed by atoms with Gasteiger partial charge in [-0.15, -0.1) is 0 Å². The van der Waals surface area contributed by atoms with Gasteiger partial charge < -0.3 is 4.98 Å². The van der Waals surface area contributed by atoms with Crippen LogP contribution in [0.5, 0.6) is 0 Å². The summed E-state index contributed by atoms with van der Waals surface area (Å²) in [5.41, 5.74) is 2.63. The molecule has 1 heteroatoms. The Bertz CT molecular complexity index is 385. The van der Waals surface area contributed by atoms with Crippen molar-refractivity contribution in [2.75, 3.05) is 0 Å². The Morgan fingerprint density at radius 1 is 1.07 bits per heavy atom. The van der Waals surface area contributed by atoms with Gasteiger partial charge in [-0.05, 0) is 35.1 Å². The smallest absolute Gasteiger partial charge is 0.0454 e. The van der Waals surface area contributed by atoms with Crippen LogP contribution >= 0.6 is 0 Å². The van der Waals surface area contributed by atoms with E-state index in [1.54, 1.807) is 0 Å². The van der Waals surface area contributed by atoms with Gasteiger partial charge in [0.05, 0.1) is 0 Å². The first kappa shape index (κ1) is 10.8. The lowest BCUT2D eigenvalue weighted by Gasteiger charge is -2.03. The van der Waals surface area contributed by atoms with Crippen LogP contribution in [-0.2, 0) is 0 Å². The van der Waals surface area contributed by atoms with Crippen LogP contribution in [-0.4, -0.2) is 4.98 Å². The van der Waals surface area contributed by atoms with Crippen LogP contribution in [0.4, 0.5) is 0 Å². The fourth-order valence-electron chi connectivity index (χ4n) is 1.43. The highest BCUT2D eigenvalue weighted by Crippen LogP contribution is 2.19. The zero-order valence-corrected chi connectivity index (χ0v) is 9.46. The summed E-state index contributed by atoms with van der Waals surface area (Å²) < 4.78 is 0. The zero-order chi connectivity index (χ0) is 10.6. The van der Waals surface area contributed by atoms with Crippen molar-refractivity contribution in [2.45, 2.75) is 33.6 Å². The Hall–Kier alpha value is -1.24. The molecule has 0 spiro atoms. The number of aromatic nitrogens is 1. The van der Waals surface area contributed by atoms with Gasteiger partial charge in [0.1, 0.15) is 0 Å². The van der Waals surface area contributed by atoms with Gasteiger partial charge in [-0.1, -0.05) is 33.8 Å². The number of aromatic amines is 1. The number of hydrogen-bond acceptors (Lipinski definition) is 0. The largest absolute Gasteiger partial charge is 0.361 e. The Kier molecular flexibility index (Phi) is 3.75. The predicted molar refractivity (Wildman–Crippen MR) is 63.7 cm³/mol. The molecule has 76 valence electrons. The average Bonchev–Trinajstić information content (AvgIpc) is 2.67. The number of rotatable bonds is 1. The second-order valence-electron chi connectivity index (χ2n) is 3.48. The third-order valence-corrected chi connectivity index (χ3v) is 2.24. The standard InChI is InChI=1S/C11H13N.C2H6/c1-8(2)9-3-4-11-10(7-9)5-6-12-11;1-2/h3-8,12H,1-2H3;1-2H3. The summed E-state index contributed by atoms with van der Waals surface area (Å²) in [5.74, 6) is 0.615. The highest BCUT2D eigenvalue weighted by molar-refractivity contribution is 5.80. The quantitative estimate of drug-likeness (QED) is 0.687. The molecule has 0 unspecified atom stereocenters. The van der Waals surface area contributed by atoms with Crippen molar-refractivity contribution >= 4 is 10.9 Å². The maximum Gasteiger partial charge on any atom is 0.0454 e. The molecule has 0 saturated carbocycles. The SMILES string of the molecule is CC.CC(C)c1ccc2[nH]ccc2c1. The molecule has 0 aliphatic rings. The van der Waals surface area contributed by atoms with Crippen molar-refractivity contribution < 1.29 is 0 Å². The molecule has 2 rings (SSSR count). The number of nitrogens with one attached hydrogen (secondary N) is 1. The molecule has 14 heavy (non-hydrogen) atoms. The fourth-order valence-corrected chi connectivity index (χ4v) is 1.43. The molecule has 0 radical (unpaired) electrons. The highest BCUT2D eigenvalue weighted by Gasteiger charge is 1.99. The summed E-state index contributed by atoms with van der Waals surface area (Å²) in [6, 6.07) is 8.69. The van der Waals surface area contributed by atoms with Crippen LogP contribution in [0, 0.1) is 0 Å². The molecule has 0 bridgehead atoms. The second-order valence-corrected chi connectivity index (χ2v) is 3.48. The van der Waals surface area contributed by atoms with E-state index in [-0.39, 0.29) is 0 Å². The van der Waals surface area contributed by atoms with Gasteiger partial charge in [-0.3, -0.25) is 0 Å². The third-order valence-electron chi connectivity index (χ3n) is 2.24. The van der Waals surface area contributed by atoms with Crippen LogP contribution in [0.25, 0.3) is 10.9 Å². The van der Waals surface area contributed by atoms with E-state index in [1.807, 2.05) is 20.0 Å². The second kappa shape index (κ2) is 4.85. The molecule has 0 fully saturated rings. The lowest BCUT2D eigenvalue weighted by molar-refractivity contribution is 0.869. The van der Waals surface area contributed by atoms with Crippen LogP contribution < -0.4 is 0 Å². The highest BCUT2D eigenvalue weighted by atomic mass is 14.7. The average molecular weight is 189 g/mol. The molecule has 0 saturated heterocycles. The minimum absolute atomic E-state index is 0.615. The first-order chi connectivity index (χ1) is 6.77. The van der Waals surface area contributed by atoms with Crippen molar-refractivity contribution in [1.29, 1.82) is 0 Å². The van der Waals surface area contributed by atoms with E-state index < -0.39 is 0 Å². The fraction of sp³-hybridized carbons (Fsp3) is 0.385. The van der Waals surface area contributed by atoms with E-state index in [4.69, 9.17) is 0 Å². The first-order valence-corrected chi connectivity index (χ1v) is 5.34. The summed E-state index contributed by atoms with van der Waals surface area (Å²) in [6.07, 6.45) is 1.98. The number of benzene rings is 1. The minimum Gasteiger partial charge on any atom is -0.361 e. The number of hydrogen-bond donors (Lipinski definition) is 1.